The standard InChI is InChI=1S/C20H14F2N4O2/c21-15-5-10(9-27)6-16(22)18(15)17-13(8-23)4-2-11-1-3-12(7-14(11)17)19(28)26-20(24)25/h1-7,27H,9H2,(H4,24,25,26,28). The van der Waals surface area contributed by atoms with Gasteiger partial charge in [0.15, 0.2) is 5.96 Å². The van der Waals surface area contributed by atoms with Crippen molar-refractivity contribution in [1.29, 1.82) is 5.26 Å². The third-order valence-corrected chi connectivity index (χ3v) is 4.15. The Morgan fingerprint density at radius 2 is 1.71 bits per heavy atom. The van der Waals surface area contributed by atoms with Gasteiger partial charge in [-0.2, -0.15) is 10.3 Å². The Hall–Kier alpha value is -3.83. The van der Waals surface area contributed by atoms with Crippen LogP contribution in [0.15, 0.2) is 47.5 Å². The molecule has 3 aromatic rings. The largest absolute Gasteiger partial charge is 0.392 e. The van der Waals surface area contributed by atoms with Gasteiger partial charge >= 0.3 is 0 Å². The molecule has 6 nitrogen and oxygen atoms in total. The minimum Gasteiger partial charge on any atom is -0.392 e. The van der Waals surface area contributed by atoms with Crippen molar-refractivity contribution in [2.24, 2.45) is 16.5 Å². The molecule has 1 amide bonds. The van der Waals surface area contributed by atoms with Gasteiger partial charge in [-0.25, -0.2) is 8.78 Å². The number of amides is 1. The van der Waals surface area contributed by atoms with Gasteiger partial charge in [0.1, 0.15) is 11.6 Å². The lowest BCUT2D eigenvalue weighted by Gasteiger charge is -2.13. The molecule has 8 heteroatoms. The Morgan fingerprint density at radius 1 is 1.07 bits per heavy atom. The molecule has 0 heterocycles. The molecule has 0 saturated carbocycles. The Balaban J connectivity index is 2.37. The van der Waals surface area contributed by atoms with Crippen molar-refractivity contribution in [2.45, 2.75) is 6.61 Å². The summed E-state index contributed by atoms with van der Waals surface area (Å²) in [5.74, 6) is -3.03. The monoisotopic (exact) mass is 380 g/mol. The van der Waals surface area contributed by atoms with Gasteiger partial charge in [-0.15, -0.1) is 0 Å². The number of nitrogens with zero attached hydrogens (tertiary/aromatic N) is 2. The van der Waals surface area contributed by atoms with E-state index in [1.807, 2.05) is 6.07 Å². The number of nitriles is 1. The molecule has 0 bridgehead atoms. The van der Waals surface area contributed by atoms with Crippen molar-refractivity contribution in [3.05, 3.63) is 70.8 Å². The second-order valence-corrected chi connectivity index (χ2v) is 5.97. The van der Waals surface area contributed by atoms with E-state index in [9.17, 15) is 18.8 Å². The number of aliphatic hydroxyl groups is 1. The number of nitrogens with two attached hydrogens (primary N) is 2. The van der Waals surface area contributed by atoms with Gasteiger partial charge in [0.2, 0.25) is 0 Å². The summed E-state index contributed by atoms with van der Waals surface area (Å²) in [6, 6.07) is 11.3. The molecule has 140 valence electrons. The fraction of sp³-hybridized carbons (Fsp3) is 0.0500. The van der Waals surface area contributed by atoms with E-state index in [0.717, 1.165) is 12.1 Å². The highest BCUT2D eigenvalue weighted by Crippen LogP contribution is 2.36. The van der Waals surface area contributed by atoms with Gasteiger partial charge < -0.3 is 16.6 Å². The minimum atomic E-state index is -0.936. The predicted octanol–water partition coefficient (Wildman–Crippen LogP) is 2.56. The number of halogens is 2. The molecule has 0 fully saturated rings. The van der Waals surface area contributed by atoms with Crippen molar-refractivity contribution in [3.8, 4) is 17.2 Å². The number of aliphatic hydroxyl groups excluding tert-OH is 1. The first-order chi connectivity index (χ1) is 13.3. The quantitative estimate of drug-likeness (QED) is 0.476. The third-order valence-electron chi connectivity index (χ3n) is 4.15. The van der Waals surface area contributed by atoms with Gasteiger partial charge in [0, 0.05) is 11.1 Å². The van der Waals surface area contributed by atoms with Crippen molar-refractivity contribution in [3.63, 3.8) is 0 Å². The van der Waals surface area contributed by atoms with Gasteiger partial charge in [-0.05, 0) is 46.7 Å². The van der Waals surface area contributed by atoms with E-state index in [-0.39, 0.29) is 27.6 Å². The molecule has 0 aliphatic carbocycles. The van der Waals surface area contributed by atoms with Gasteiger partial charge in [-0.1, -0.05) is 12.1 Å². The van der Waals surface area contributed by atoms with Gasteiger partial charge in [0.05, 0.1) is 23.8 Å². The second-order valence-electron chi connectivity index (χ2n) is 5.97. The highest BCUT2D eigenvalue weighted by atomic mass is 19.1. The molecule has 3 rings (SSSR count). The van der Waals surface area contributed by atoms with Crippen molar-refractivity contribution in [2.75, 3.05) is 0 Å². The summed E-state index contributed by atoms with van der Waals surface area (Å²) in [7, 11) is 0. The summed E-state index contributed by atoms with van der Waals surface area (Å²) in [6.07, 6.45) is 0. The van der Waals surface area contributed by atoms with E-state index in [1.54, 1.807) is 12.1 Å². The van der Waals surface area contributed by atoms with Crippen molar-refractivity contribution >= 4 is 22.6 Å². The summed E-state index contributed by atoms with van der Waals surface area (Å²) in [5.41, 5.74) is 10.2. The van der Waals surface area contributed by atoms with E-state index in [0.29, 0.717) is 5.39 Å². The third kappa shape index (κ3) is 3.39. The number of benzene rings is 3. The zero-order chi connectivity index (χ0) is 20.4. The second kappa shape index (κ2) is 7.42. The predicted molar refractivity (Wildman–Crippen MR) is 100 cm³/mol. The first-order valence-electron chi connectivity index (χ1n) is 8.05. The lowest BCUT2D eigenvalue weighted by atomic mass is 9.91. The molecule has 0 aliphatic heterocycles. The average Bonchev–Trinajstić information content (AvgIpc) is 2.66. The Morgan fingerprint density at radius 3 is 2.29 bits per heavy atom. The van der Waals surface area contributed by atoms with Crippen LogP contribution in [0.5, 0.6) is 0 Å². The molecule has 0 aromatic heterocycles. The molecule has 3 aromatic carbocycles. The lowest BCUT2D eigenvalue weighted by molar-refractivity contribution is 0.100. The minimum absolute atomic E-state index is 0.00107. The number of hydrogen-bond donors (Lipinski definition) is 3. The molecule has 5 N–H and O–H groups in total. The summed E-state index contributed by atoms with van der Waals surface area (Å²) in [4.78, 5) is 15.6. The maximum absolute atomic E-state index is 14.7. The maximum atomic E-state index is 14.7. The number of rotatable bonds is 3. The fourth-order valence-corrected chi connectivity index (χ4v) is 2.95. The summed E-state index contributed by atoms with van der Waals surface area (Å²) in [5, 5.41) is 19.4. The zero-order valence-corrected chi connectivity index (χ0v) is 14.4. The first kappa shape index (κ1) is 18.9. The molecule has 0 atom stereocenters. The molecule has 0 aliphatic rings. The van der Waals surface area contributed by atoms with Crippen LogP contribution in [-0.4, -0.2) is 17.0 Å². The number of fused-ring (bicyclic) bond motifs is 1. The molecule has 0 spiro atoms. The van der Waals surface area contributed by atoms with Crippen LogP contribution in [0, 0.1) is 23.0 Å². The SMILES string of the molecule is N#Cc1ccc2ccc(C(=O)N=C(N)N)cc2c1-c1c(F)cc(CO)cc1F. The normalized spacial score (nSPS) is 10.5. The Bertz CT molecular complexity index is 1160. The Labute approximate surface area is 158 Å². The first-order valence-corrected chi connectivity index (χ1v) is 8.05. The fourth-order valence-electron chi connectivity index (χ4n) is 2.95. The summed E-state index contributed by atoms with van der Waals surface area (Å²) >= 11 is 0. The summed E-state index contributed by atoms with van der Waals surface area (Å²) in [6.45, 7) is -0.536. The van der Waals surface area contributed by atoms with Crippen LogP contribution in [-0.2, 0) is 6.61 Å². The van der Waals surface area contributed by atoms with Gasteiger partial charge in [0.25, 0.3) is 5.91 Å². The van der Waals surface area contributed by atoms with Crippen LogP contribution in [0.25, 0.3) is 21.9 Å². The van der Waals surface area contributed by atoms with Crippen LogP contribution < -0.4 is 11.5 Å². The highest BCUT2D eigenvalue weighted by molar-refractivity contribution is 6.07. The smallest absolute Gasteiger partial charge is 0.280 e. The van der Waals surface area contributed by atoms with E-state index < -0.39 is 35.7 Å². The van der Waals surface area contributed by atoms with Crippen LogP contribution in [0.4, 0.5) is 8.78 Å². The number of aliphatic imine (C=N–C) groups is 1. The highest BCUT2D eigenvalue weighted by Gasteiger charge is 2.20. The molecule has 0 saturated heterocycles. The zero-order valence-electron chi connectivity index (χ0n) is 14.4. The van der Waals surface area contributed by atoms with E-state index in [1.165, 1.54) is 18.2 Å². The molecular formula is C20H14F2N4O2. The molecular weight excluding hydrogens is 366 g/mol. The maximum Gasteiger partial charge on any atom is 0.280 e. The van der Waals surface area contributed by atoms with E-state index in [2.05, 4.69) is 4.99 Å². The Kier molecular flexibility index (Phi) is 5.02. The molecule has 0 radical (unpaired) electrons. The number of carbonyl (C=O) groups excluding carboxylic acids is 1. The van der Waals surface area contributed by atoms with Crippen LogP contribution in [0.2, 0.25) is 0 Å². The van der Waals surface area contributed by atoms with E-state index in [4.69, 9.17) is 16.6 Å². The number of carbonyl (C=O) groups is 1. The number of guanidine groups is 1. The van der Waals surface area contributed by atoms with Gasteiger partial charge in [-0.3, -0.25) is 4.79 Å². The van der Waals surface area contributed by atoms with Crippen LogP contribution in [0.3, 0.4) is 0 Å². The number of hydrogen-bond acceptors (Lipinski definition) is 3. The average molecular weight is 380 g/mol. The summed E-state index contributed by atoms with van der Waals surface area (Å²) < 4.78 is 29.4. The van der Waals surface area contributed by atoms with Crippen LogP contribution in [0.1, 0.15) is 21.5 Å². The van der Waals surface area contributed by atoms with Crippen molar-refractivity contribution in [1.82, 2.24) is 0 Å². The van der Waals surface area contributed by atoms with Crippen molar-refractivity contribution < 1.29 is 18.7 Å². The topological polar surface area (TPSA) is 125 Å². The lowest BCUT2D eigenvalue weighted by Crippen LogP contribution is -2.24. The molecule has 28 heavy (non-hydrogen) atoms. The van der Waals surface area contributed by atoms with Crippen LogP contribution >= 0.6 is 0 Å². The molecule has 0 unspecified atom stereocenters. The van der Waals surface area contributed by atoms with E-state index >= 15 is 0 Å².